The summed E-state index contributed by atoms with van der Waals surface area (Å²) in [6.07, 6.45) is 1.40. The number of carbonyl (C=O) groups excluding carboxylic acids is 2. The summed E-state index contributed by atoms with van der Waals surface area (Å²) >= 11 is 1.28. The number of rotatable bonds is 5. The molecular weight excluding hydrogens is 284 g/mol. The predicted octanol–water partition coefficient (Wildman–Crippen LogP) is 1.76. The largest absolute Gasteiger partial charge is 0.463 e. The zero-order valence-electron chi connectivity index (χ0n) is 11.5. The van der Waals surface area contributed by atoms with E-state index in [0.29, 0.717) is 11.6 Å². The molecule has 0 N–H and O–H groups in total. The van der Waals surface area contributed by atoms with Crippen molar-refractivity contribution in [3.63, 3.8) is 0 Å². The minimum absolute atomic E-state index is 0.00116. The molecule has 1 aliphatic heterocycles. The molecule has 0 unspecified atom stereocenters. The number of hydrogen-bond acceptors (Lipinski definition) is 6. The van der Waals surface area contributed by atoms with E-state index in [4.69, 9.17) is 4.74 Å². The Kier molecular flexibility index (Phi) is 6.50. The monoisotopic (exact) mass is 302 g/mol. The Bertz CT molecular complexity index is 422. The molecule has 1 saturated heterocycles. The highest BCUT2D eigenvalue weighted by Crippen LogP contribution is 2.27. The highest BCUT2D eigenvalue weighted by Gasteiger charge is 2.25. The standard InChI is InChI=1S/C12H18N2O5S/c1-9(2)19-12(16)5-4-10(15)13-6-3-7-20-11(13)8-14(17)18/h8-9H,3-7H2,1-2H3. The van der Waals surface area contributed by atoms with Gasteiger partial charge in [-0.15, -0.1) is 11.8 Å². The van der Waals surface area contributed by atoms with E-state index < -0.39 is 10.9 Å². The lowest BCUT2D eigenvalue weighted by Gasteiger charge is -2.27. The molecule has 1 rings (SSSR count). The Morgan fingerprint density at radius 1 is 1.50 bits per heavy atom. The molecule has 0 aliphatic carbocycles. The number of ether oxygens (including phenoxy) is 1. The molecule has 0 aromatic rings. The lowest BCUT2D eigenvalue weighted by atomic mass is 10.2. The van der Waals surface area contributed by atoms with Crippen molar-refractivity contribution in [3.05, 3.63) is 21.3 Å². The molecule has 1 fully saturated rings. The SMILES string of the molecule is CC(C)OC(=O)CCC(=O)N1CCCSC1=C[N+](=O)[O-]. The van der Waals surface area contributed by atoms with Gasteiger partial charge in [0, 0.05) is 18.7 Å². The third kappa shape index (κ3) is 5.60. The van der Waals surface area contributed by atoms with Crippen molar-refractivity contribution < 1.29 is 19.2 Å². The zero-order valence-corrected chi connectivity index (χ0v) is 12.4. The number of esters is 1. The van der Waals surface area contributed by atoms with Gasteiger partial charge in [-0.25, -0.2) is 0 Å². The van der Waals surface area contributed by atoms with Crippen molar-refractivity contribution in [2.24, 2.45) is 0 Å². The zero-order chi connectivity index (χ0) is 15.1. The quantitative estimate of drug-likeness (QED) is 0.436. The van der Waals surface area contributed by atoms with Crippen LogP contribution < -0.4 is 0 Å². The first-order valence-electron chi connectivity index (χ1n) is 6.38. The highest BCUT2D eigenvalue weighted by atomic mass is 32.2. The van der Waals surface area contributed by atoms with Crippen LogP contribution in [0.1, 0.15) is 33.1 Å². The Morgan fingerprint density at radius 3 is 2.80 bits per heavy atom. The molecule has 112 valence electrons. The summed E-state index contributed by atoms with van der Waals surface area (Å²) in [5, 5.41) is 10.9. The number of hydrogen-bond donors (Lipinski definition) is 0. The molecule has 20 heavy (non-hydrogen) atoms. The first kappa shape index (κ1) is 16.5. The summed E-state index contributed by atoms with van der Waals surface area (Å²) < 4.78 is 4.94. The number of nitro groups is 1. The molecule has 0 bridgehead atoms. The summed E-state index contributed by atoms with van der Waals surface area (Å²) in [6.45, 7) is 3.92. The minimum Gasteiger partial charge on any atom is -0.463 e. The van der Waals surface area contributed by atoms with Crippen molar-refractivity contribution in [2.75, 3.05) is 12.3 Å². The minimum atomic E-state index is -0.568. The van der Waals surface area contributed by atoms with E-state index in [9.17, 15) is 19.7 Å². The van der Waals surface area contributed by atoms with Crippen LogP contribution >= 0.6 is 11.8 Å². The van der Waals surface area contributed by atoms with Gasteiger partial charge in [0.15, 0.2) is 0 Å². The van der Waals surface area contributed by atoms with Crippen LogP contribution in [0.25, 0.3) is 0 Å². The van der Waals surface area contributed by atoms with Crippen molar-refractivity contribution >= 4 is 23.6 Å². The van der Waals surface area contributed by atoms with Gasteiger partial charge < -0.3 is 9.64 Å². The molecule has 1 aliphatic rings. The molecule has 0 atom stereocenters. The number of amides is 1. The van der Waals surface area contributed by atoms with Crippen molar-refractivity contribution in [1.82, 2.24) is 4.90 Å². The maximum atomic E-state index is 12.0. The van der Waals surface area contributed by atoms with Gasteiger partial charge in [0.1, 0.15) is 5.03 Å². The summed E-state index contributed by atoms with van der Waals surface area (Å²) in [5.74, 6) is 0.0302. The van der Waals surface area contributed by atoms with Gasteiger partial charge in [-0.3, -0.25) is 19.7 Å². The lowest BCUT2D eigenvalue weighted by molar-refractivity contribution is -0.403. The van der Waals surface area contributed by atoms with Crippen LogP contribution in [-0.2, 0) is 14.3 Å². The molecule has 0 radical (unpaired) electrons. The van der Waals surface area contributed by atoms with E-state index in [2.05, 4.69) is 0 Å². The number of thioether (sulfide) groups is 1. The van der Waals surface area contributed by atoms with E-state index in [1.54, 1.807) is 13.8 Å². The fraction of sp³-hybridized carbons (Fsp3) is 0.667. The fourth-order valence-electron chi connectivity index (χ4n) is 1.70. The smallest absolute Gasteiger partial charge is 0.306 e. The number of carbonyl (C=O) groups is 2. The van der Waals surface area contributed by atoms with Crippen molar-refractivity contribution in [1.29, 1.82) is 0 Å². The molecule has 1 heterocycles. The third-order valence-electron chi connectivity index (χ3n) is 2.47. The van der Waals surface area contributed by atoms with Crippen LogP contribution in [0.15, 0.2) is 11.2 Å². The van der Waals surface area contributed by atoms with Gasteiger partial charge in [0.2, 0.25) is 5.91 Å². The molecule has 0 spiro atoms. The topological polar surface area (TPSA) is 89.8 Å². The van der Waals surface area contributed by atoms with Gasteiger partial charge in [0.25, 0.3) is 6.20 Å². The van der Waals surface area contributed by atoms with Gasteiger partial charge in [-0.2, -0.15) is 0 Å². The van der Waals surface area contributed by atoms with Crippen molar-refractivity contribution in [2.45, 2.75) is 39.2 Å². The fourth-order valence-corrected chi connectivity index (χ4v) is 2.69. The molecule has 0 aromatic carbocycles. The maximum Gasteiger partial charge on any atom is 0.306 e. The van der Waals surface area contributed by atoms with Crippen LogP contribution in [0.5, 0.6) is 0 Å². The average Bonchev–Trinajstić information content (AvgIpc) is 2.35. The highest BCUT2D eigenvalue weighted by molar-refractivity contribution is 8.03. The predicted molar refractivity (Wildman–Crippen MR) is 74.3 cm³/mol. The van der Waals surface area contributed by atoms with Gasteiger partial charge in [0.05, 0.1) is 17.4 Å². The van der Waals surface area contributed by atoms with E-state index in [1.807, 2.05) is 0 Å². The maximum absolute atomic E-state index is 12.0. The Morgan fingerprint density at radius 2 is 2.20 bits per heavy atom. The van der Waals surface area contributed by atoms with Gasteiger partial charge in [-0.1, -0.05) is 0 Å². The Balaban J connectivity index is 2.56. The second kappa shape index (κ2) is 7.88. The summed E-state index contributed by atoms with van der Waals surface area (Å²) in [7, 11) is 0. The van der Waals surface area contributed by atoms with Crippen LogP contribution in [0.3, 0.4) is 0 Å². The first-order chi connectivity index (χ1) is 9.40. The van der Waals surface area contributed by atoms with Crippen LogP contribution in [0, 0.1) is 10.1 Å². The molecule has 8 heteroatoms. The average molecular weight is 302 g/mol. The number of nitrogens with zero attached hydrogens (tertiary/aromatic N) is 2. The Labute approximate surface area is 121 Å². The summed E-state index contributed by atoms with van der Waals surface area (Å²) in [4.78, 5) is 34.7. The van der Waals surface area contributed by atoms with E-state index in [1.165, 1.54) is 16.7 Å². The van der Waals surface area contributed by atoms with Gasteiger partial charge >= 0.3 is 5.97 Å². The first-order valence-corrected chi connectivity index (χ1v) is 7.36. The molecule has 0 aromatic heterocycles. The third-order valence-corrected chi connectivity index (χ3v) is 3.58. The normalized spacial score (nSPS) is 17.4. The van der Waals surface area contributed by atoms with Crippen molar-refractivity contribution in [3.8, 4) is 0 Å². The van der Waals surface area contributed by atoms with E-state index >= 15 is 0 Å². The van der Waals surface area contributed by atoms with Crippen LogP contribution in [0.4, 0.5) is 0 Å². The van der Waals surface area contributed by atoms with Gasteiger partial charge in [-0.05, 0) is 20.3 Å². The molecule has 7 nitrogen and oxygen atoms in total. The summed E-state index contributed by atoms with van der Waals surface area (Å²) in [5.41, 5.74) is 0. The Hall–Kier alpha value is -1.57. The van der Waals surface area contributed by atoms with Crippen LogP contribution in [0.2, 0.25) is 0 Å². The van der Waals surface area contributed by atoms with E-state index in [0.717, 1.165) is 18.4 Å². The van der Waals surface area contributed by atoms with Crippen LogP contribution in [-0.4, -0.2) is 40.1 Å². The molecular formula is C12H18N2O5S. The molecule has 1 amide bonds. The van der Waals surface area contributed by atoms with E-state index in [-0.39, 0.29) is 24.9 Å². The summed E-state index contributed by atoms with van der Waals surface area (Å²) in [6, 6.07) is 0. The molecule has 0 saturated carbocycles. The second-order valence-electron chi connectivity index (χ2n) is 4.54. The second-order valence-corrected chi connectivity index (χ2v) is 5.65. The lowest BCUT2D eigenvalue weighted by Crippen LogP contribution is -2.34.